The number of nitrogens with one attached hydrogen (secondary N) is 1. The van der Waals surface area contributed by atoms with Crippen LogP contribution in [0.15, 0.2) is 12.2 Å². The highest BCUT2D eigenvalue weighted by atomic mass is 16.1. The molecule has 0 aromatic rings. The first kappa shape index (κ1) is 19.2. The number of rotatable bonds is 11. The van der Waals surface area contributed by atoms with Gasteiger partial charge in [0.15, 0.2) is 0 Å². The minimum Gasteiger partial charge on any atom is -0.352 e. The quantitative estimate of drug-likeness (QED) is 0.587. The molecule has 0 heterocycles. The van der Waals surface area contributed by atoms with Crippen molar-refractivity contribution >= 4 is 5.91 Å². The number of unbranched alkanes of at least 4 members (excludes halogenated alkanes) is 2. The minimum atomic E-state index is 0.00856. The van der Waals surface area contributed by atoms with Gasteiger partial charge < -0.3 is 10.2 Å². The number of amides is 1. The van der Waals surface area contributed by atoms with Gasteiger partial charge in [-0.2, -0.15) is 0 Å². The van der Waals surface area contributed by atoms with Crippen molar-refractivity contribution in [2.24, 2.45) is 5.41 Å². The van der Waals surface area contributed by atoms with E-state index in [2.05, 4.69) is 37.9 Å². The fourth-order valence-electron chi connectivity index (χ4n) is 2.23. The molecule has 0 bridgehead atoms. The second-order valence-corrected chi connectivity index (χ2v) is 6.37. The Labute approximate surface area is 125 Å². The van der Waals surface area contributed by atoms with Gasteiger partial charge in [0.25, 0.3) is 0 Å². The van der Waals surface area contributed by atoms with E-state index in [0.717, 1.165) is 13.1 Å². The molecular formula is C17H34N2O. The van der Waals surface area contributed by atoms with Crippen LogP contribution in [0.4, 0.5) is 0 Å². The lowest BCUT2D eigenvalue weighted by Gasteiger charge is -2.33. The molecule has 1 amide bonds. The van der Waals surface area contributed by atoms with Crippen LogP contribution in [0.2, 0.25) is 0 Å². The maximum atomic E-state index is 11.5. The van der Waals surface area contributed by atoms with Crippen LogP contribution in [0.25, 0.3) is 0 Å². The molecule has 0 aliphatic heterocycles. The third kappa shape index (κ3) is 10.0. The van der Waals surface area contributed by atoms with E-state index < -0.39 is 0 Å². The number of carbonyl (C=O) groups excluding carboxylic acids is 1. The molecule has 3 nitrogen and oxygen atoms in total. The highest BCUT2D eigenvalue weighted by Gasteiger charge is 2.21. The molecule has 1 N–H and O–H groups in total. The Bertz CT molecular complexity index is 277. The molecule has 20 heavy (non-hydrogen) atoms. The number of allylic oxidation sites excluding steroid dienone is 1. The lowest BCUT2D eigenvalue weighted by Crippen LogP contribution is -2.42. The van der Waals surface area contributed by atoms with E-state index in [-0.39, 0.29) is 11.3 Å². The molecule has 0 rings (SSSR count). The molecule has 0 saturated carbocycles. The van der Waals surface area contributed by atoms with Crippen LogP contribution in [0, 0.1) is 5.41 Å². The van der Waals surface area contributed by atoms with E-state index in [1.165, 1.54) is 38.8 Å². The van der Waals surface area contributed by atoms with Gasteiger partial charge in [-0.15, -0.1) is 0 Å². The Morgan fingerprint density at radius 1 is 1.15 bits per heavy atom. The summed E-state index contributed by atoms with van der Waals surface area (Å²) in [6.45, 7) is 14.9. The Morgan fingerprint density at radius 2 is 1.70 bits per heavy atom. The van der Waals surface area contributed by atoms with Crippen LogP contribution in [-0.2, 0) is 4.79 Å². The number of nitrogens with zero attached hydrogens (tertiary/aromatic N) is 1. The van der Waals surface area contributed by atoms with Crippen molar-refractivity contribution in [2.45, 2.75) is 60.3 Å². The van der Waals surface area contributed by atoms with E-state index >= 15 is 0 Å². The summed E-state index contributed by atoms with van der Waals surface area (Å²) in [6.07, 6.45) is 8.34. The van der Waals surface area contributed by atoms with Crippen molar-refractivity contribution in [3.05, 3.63) is 12.2 Å². The molecular weight excluding hydrogens is 248 g/mol. The number of hydrogen-bond donors (Lipinski definition) is 1. The average Bonchev–Trinajstić information content (AvgIpc) is 2.40. The van der Waals surface area contributed by atoms with Gasteiger partial charge in [-0.3, -0.25) is 4.79 Å². The fraction of sp³-hybridized carbons (Fsp3) is 0.824. The summed E-state index contributed by atoms with van der Waals surface area (Å²) >= 11 is 0. The Morgan fingerprint density at radius 3 is 2.15 bits per heavy atom. The van der Waals surface area contributed by atoms with Gasteiger partial charge in [0, 0.05) is 13.1 Å². The van der Waals surface area contributed by atoms with Crippen LogP contribution in [0.3, 0.4) is 0 Å². The van der Waals surface area contributed by atoms with Crippen LogP contribution >= 0.6 is 0 Å². The average molecular weight is 282 g/mol. The summed E-state index contributed by atoms with van der Waals surface area (Å²) in [5, 5.41) is 2.99. The van der Waals surface area contributed by atoms with Crippen LogP contribution in [0.5, 0.6) is 0 Å². The van der Waals surface area contributed by atoms with Crippen molar-refractivity contribution in [1.82, 2.24) is 10.2 Å². The lowest BCUT2D eigenvalue weighted by atomic mass is 9.92. The van der Waals surface area contributed by atoms with Crippen molar-refractivity contribution in [3.63, 3.8) is 0 Å². The van der Waals surface area contributed by atoms with E-state index in [1.807, 2.05) is 6.92 Å². The largest absolute Gasteiger partial charge is 0.352 e. The molecule has 0 aromatic carbocycles. The molecule has 0 aromatic heterocycles. The van der Waals surface area contributed by atoms with Gasteiger partial charge in [-0.05, 0) is 44.3 Å². The second-order valence-electron chi connectivity index (χ2n) is 6.37. The molecule has 118 valence electrons. The summed E-state index contributed by atoms with van der Waals surface area (Å²) in [6, 6.07) is 0. The number of hydrogen-bond acceptors (Lipinski definition) is 2. The molecule has 0 saturated heterocycles. The van der Waals surface area contributed by atoms with Gasteiger partial charge in [0.2, 0.25) is 5.91 Å². The molecule has 0 aliphatic rings. The zero-order chi connectivity index (χ0) is 15.4. The SMILES string of the molecule is CC=CC(=O)NCC(C)(C)CN(CCCC)CCCC. The Hall–Kier alpha value is -0.830. The zero-order valence-electron chi connectivity index (χ0n) is 14.2. The van der Waals surface area contributed by atoms with Crippen molar-refractivity contribution in [3.8, 4) is 0 Å². The summed E-state index contributed by atoms with van der Waals surface area (Å²) in [4.78, 5) is 14.1. The first-order valence-electron chi connectivity index (χ1n) is 8.08. The maximum absolute atomic E-state index is 11.5. The van der Waals surface area contributed by atoms with E-state index in [0.29, 0.717) is 0 Å². The molecule has 0 fully saturated rings. The van der Waals surface area contributed by atoms with Crippen molar-refractivity contribution in [2.75, 3.05) is 26.2 Å². The predicted molar refractivity (Wildman–Crippen MR) is 87.9 cm³/mol. The smallest absolute Gasteiger partial charge is 0.243 e. The van der Waals surface area contributed by atoms with Crippen molar-refractivity contribution < 1.29 is 4.79 Å². The zero-order valence-corrected chi connectivity index (χ0v) is 14.2. The van der Waals surface area contributed by atoms with Crippen LogP contribution in [-0.4, -0.2) is 37.0 Å². The second kappa shape index (κ2) is 10.9. The summed E-state index contributed by atoms with van der Waals surface area (Å²) < 4.78 is 0. The lowest BCUT2D eigenvalue weighted by molar-refractivity contribution is -0.117. The van der Waals surface area contributed by atoms with Crippen LogP contribution < -0.4 is 5.32 Å². The topological polar surface area (TPSA) is 32.3 Å². The third-order valence-corrected chi connectivity index (χ3v) is 3.37. The van der Waals surface area contributed by atoms with Gasteiger partial charge in [0.1, 0.15) is 0 Å². The monoisotopic (exact) mass is 282 g/mol. The van der Waals surface area contributed by atoms with E-state index in [1.54, 1.807) is 12.2 Å². The summed E-state index contributed by atoms with van der Waals surface area (Å²) in [5.74, 6) is 0.00856. The Balaban J connectivity index is 4.29. The summed E-state index contributed by atoms with van der Waals surface area (Å²) in [5.41, 5.74) is 0.110. The summed E-state index contributed by atoms with van der Waals surface area (Å²) in [7, 11) is 0. The van der Waals surface area contributed by atoms with E-state index in [9.17, 15) is 4.79 Å². The molecule has 0 spiro atoms. The Kier molecular flexibility index (Phi) is 10.4. The molecule has 0 radical (unpaired) electrons. The third-order valence-electron chi connectivity index (χ3n) is 3.37. The molecule has 0 unspecified atom stereocenters. The first-order valence-corrected chi connectivity index (χ1v) is 8.08. The maximum Gasteiger partial charge on any atom is 0.243 e. The highest BCUT2D eigenvalue weighted by Crippen LogP contribution is 2.17. The fourth-order valence-corrected chi connectivity index (χ4v) is 2.23. The number of carbonyl (C=O) groups is 1. The normalized spacial score (nSPS) is 12.3. The first-order chi connectivity index (χ1) is 9.45. The molecule has 3 heteroatoms. The molecule has 0 aliphatic carbocycles. The van der Waals surface area contributed by atoms with Gasteiger partial charge in [-0.1, -0.05) is 46.6 Å². The minimum absolute atomic E-state index is 0.00856. The standard InChI is InChI=1S/C17H34N2O/c1-6-9-12-19(13-10-7-2)15-17(4,5)14-18-16(20)11-8-3/h8,11H,6-7,9-10,12-15H2,1-5H3,(H,18,20). The molecule has 0 atom stereocenters. The van der Waals surface area contributed by atoms with Crippen LogP contribution in [0.1, 0.15) is 60.3 Å². The van der Waals surface area contributed by atoms with E-state index in [4.69, 9.17) is 0 Å². The van der Waals surface area contributed by atoms with Gasteiger partial charge in [0.05, 0.1) is 0 Å². The van der Waals surface area contributed by atoms with Gasteiger partial charge in [-0.25, -0.2) is 0 Å². The van der Waals surface area contributed by atoms with Gasteiger partial charge >= 0.3 is 0 Å². The predicted octanol–water partition coefficient (Wildman–Crippen LogP) is 3.61. The van der Waals surface area contributed by atoms with Crippen molar-refractivity contribution in [1.29, 1.82) is 0 Å². The highest BCUT2D eigenvalue weighted by molar-refractivity contribution is 5.87.